The SMILES string of the molecule is C1CC2(CCOC2)CO1. The van der Waals surface area contributed by atoms with Crippen molar-refractivity contribution in [3.05, 3.63) is 0 Å². The van der Waals surface area contributed by atoms with Crippen LogP contribution in [0.1, 0.15) is 12.8 Å². The first-order valence-corrected chi connectivity index (χ1v) is 3.57. The maximum Gasteiger partial charge on any atom is 0.0546 e. The van der Waals surface area contributed by atoms with Crippen LogP contribution < -0.4 is 0 Å². The van der Waals surface area contributed by atoms with Crippen LogP contribution in [0.2, 0.25) is 0 Å². The van der Waals surface area contributed by atoms with Gasteiger partial charge in [-0.05, 0) is 12.8 Å². The second kappa shape index (κ2) is 1.96. The van der Waals surface area contributed by atoms with Gasteiger partial charge in [-0.25, -0.2) is 0 Å². The van der Waals surface area contributed by atoms with E-state index in [1.807, 2.05) is 0 Å². The molecule has 0 radical (unpaired) electrons. The van der Waals surface area contributed by atoms with E-state index in [4.69, 9.17) is 9.47 Å². The molecule has 0 N–H and O–H groups in total. The largest absolute Gasteiger partial charge is 0.381 e. The molecule has 9 heavy (non-hydrogen) atoms. The van der Waals surface area contributed by atoms with Crippen LogP contribution in [-0.4, -0.2) is 26.4 Å². The minimum Gasteiger partial charge on any atom is -0.381 e. The van der Waals surface area contributed by atoms with E-state index in [1.54, 1.807) is 0 Å². The highest BCUT2D eigenvalue weighted by Crippen LogP contribution is 2.36. The van der Waals surface area contributed by atoms with E-state index in [2.05, 4.69) is 0 Å². The number of hydrogen-bond donors (Lipinski definition) is 0. The van der Waals surface area contributed by atoms with Crippen LogP contribution in [0, 0.1) is 5.41 Å². The lowest BCUT2D eigenvalue weighted by Crippen LogP contribution is -2.20. The normalized spacial score (nSPS) is 32.0. The lowest BCUT2D eigenvalue weighted by molar-refractivity contribution is 0.122. The van der Waals surface area contributed by atoms with E-state index < -0.39 is 0 Å². The molecule has 0 aromatic heterocycles. The highest BCUT2D eigenvalue weighted by Gasteiger charge is 2.38. The van der Waals surface area contributed by atoms with Gasteiger partial charge in [0, 0.05) is 18.6 Å². The zero-order valence-corrected chi connectivity index (χ0v) is 5.56. The molecule has 2 rings (SSSR count). The summed E-state index contributed by atoms with van der Waals surface area (Å²) in [6.07, 6.45) is 2.43. The Bertz CT molecular complexity index is 82.0. The predicted molar refractivity (Wildman–Crippen MR) is 33.3 cm³/mol. The Kier molecular flexibility index (Phi) is 1.24. The molecule has 0 unspecified atom stereocenters. The van der Waals surface area contributed by atoms with Gasteiger partial charge in [-0.2, -0.15) is 0 Å². The van der Waals surface area contributed by atoms with E-state index in [0.29, 0.717) is 5.41 Å². The average Bonchev–Trinajstić information content (AvgIpc) is 2.45. The van der Waals surface area contributed by atoms with Crippen LogP contribution in [0.3, 0.4) is 0 Å². The fourth-order valence-corrected chi connectivity index (χ4v) is 1.61. The Morgan fingerprint density at radius 2 is 1.44 bits per heavy atom. The molecule has 1 spiro atoms. The summed E-state index contributed by atoms with van der Waals surface area (Å²) in [6.45, 7) is 3.77. The molecule has 0 amide bonds. The van der Waals surface area contributed by atoms with Gasteiger partial charge in [0.2, 0.25) is 0 Å². The van der Waals surface area contributed by atoms with E-state index in [0.717, 1.165) is 26.4 Å². The molecule has 2 nitrogen and oxygen atoms in total. The van der Waals surface area contributed by atoms with Crippen LogP contribution in [0.5, 0.6) is 0 Å². The minimum atomic E-state index is 0.444. The summed E-state index contributed by atoms with van der Waals surface area (Å²) < 4.78 is 10.6. The van der Waals surface area contributed by atoms with Gasteiger partial charge in [0.1, 0.15) is 0 Å². The van der Waals surface area contributed by atoms with Gasteiger partial charge in [-0.15, -0.1) is 0 Å². The smallest absolute Gasteiger partial charge is 0.0546 e. The van der Waals surface area contributed by atoms with Crippen molar-refractivity contribution < 1.29 is 9.47 Å². The van der Waals surface area contributed by atoms with Crippen molar-refractivity contribution in [2.24, 2.45) is 5.41 Å². The molecule has 2 heteroatoms. The predicted octanol–water partition coefficient (Wildman–Crippen LogP) is 0.813. The lowest BCUT2D eigenvalue weighted by atomic mass is 9.87. The molecule has 0 aliphatic carbocycles. The molecule has 2 saturated heterocycles. The van der Waals surface area contributed by atoms with Gasteiger partial charge < -0.3 is 9.47 Å². The summed E-state index contributed by atoms with van der Waals surface area (Å²) in [5, 5.41) is 0. The van der Waals surface area contributed by atoms with Crippen LogP contribution in [-0.2, 0) is 9.47 Å². The van der Waals surface area contributed by atoms with Crippen LogP contribution in [0.15, 0.2) is 0 Å². The van der Waals surface area contributed by atoms with E-state index >= 15 is 0 Å². The topological polar surface area (TPSA) is 18.5 Å². The van der Waals surface area contributed by atoms with Crippen LogP contribution >= 0.6 is 0 Å². The molecule has 2 heterocycles. The summed E-state index contributed by atoms with van der Waals surface area (Å²) in [4.78, 5) is 0. The molecule has 2 aliphatic heterocycles. The van der Waals surface area contributed by atoms with Crippen LogP contribution in [0.25, 0.3) is 0 Å². The number of hydrogen-bond acceptors (Lipinski definition) is 2. The molecular formula is C7H12O2. The molecule has 0 aromatic carbocycles. The maximum atomic E-state index is 5.30. The molecule has 2 fully saturated rings. The number of ether oxygens (including phenoxy) is 2. The first kappa shape index (κ1) is 5.69. The van der Waals surface area contributed by atoms with Gasteiger partial charge in [0.05, 0.1) is 13.2 Å². The lowest BCUT2D eigenvalue weighted by Gasteiger charge is -2.16. The molecular weight excluding hydrogens is 116 g/mol. The van der Waals surface area contributed by atoms with E-state index in [1.165, 1.54) is 12.8 Å². The molecule has 0 saturated carbocycles. The van der Waals surface area contributed by atoms with E-state index in [9.17, 15) is 0 Å². The highest BCUT2D eigenvalue weighted by molar-refractivity contribution is 4.86. The summed E-state index contributed by atoms with van der Waals surface area (Å²) in [7, 11) is 0. The number of rotatable bonds is 0. The highest BCUT2D eigenvalue weighted by atomic mass is 16.5. The first-order chi connectivity index (χ1) is 4.41. The zero-order chi connectivity index (χ0) is 6.16. The van der Waals surface area contributed by atoms with Gasteiger partial charge in [-0.3, -0.25) is 0 Å². The molecule has 2 aliphatic rings. The zero-order valence-electron chi connectivity index (χ0n) is 5.56. The van der Waals surface area contributed by atoms with Gasteiger partial charge >= 0.3 is 0 Å². The van der Waals surface area contributed by atoms with Crippen molar-refractivity contribution in [3.8, 4) is 0 Å². The minimum absolute atomic E-state index is 0.444. The standard InChI is InChI=1S/C7H12O2/c1-3-8-5-7(1)2-4-9-6-7/h1-6H2. The molecule has 52 valence electrons. The third-order valence-electron chi connectivity index (χ3n) is 2.37. The van der Waals surface area contributed by atoms with Crippen molar-refractivity contribution in [1.29, 1.82) is 0 Å². The van der Waals surface area contributed by atoms with E-state index in [-0.39, 0.29) is 0 Å². The third kappa shape index (κ3) is 0.864. The monoisotopic (exact) mass is 128 g/mol. The summed E-state index contributed by atoms with van der Waals surface area (Å²) in [5.74, 6) is 0. The third-order valence-corrected chi connectivity index (χ3v) is 2.37. The first-order valence-electron chi connectivity index (χ1n) is 3.57. The van der Waals surface area contributed by atoms with Crippen molar-refractivity contribution in [1.82, 2.24) is 0 Å². The average molecular weight is 128 g/mol. The van der Waals surface area contributed by atoms with Crippen molar-refractivity contribution in [2.45, 2.75) is 12.8 Å². The Morgan fingerprint density at radius 1 is 0.889 bits per heavy atom. The van der Waals surface area contributed by atoms with Gasteiger partial charge in [0.15, 0.2) is 0 Å². The van der Waals surface area contributed by atoms with Gasteiger partial charge in [0.25, 0.3) is 0 Å². The fraction of sp³-hybridized carbons (Fsp3) is 1.00. The Labute approximate surface area is 55.1 Å². The van der Waals surface area contributed by atoms with Crippen molar-refractivity contribution in [3.63, 3.8) is 0 Å². The molecule has 0 atom stereocenters. The summed E-state index contributed by atoms with van der Waals surface area (Å²) in [6, 6.07) is 0. The van der Waals surface area contributed by atoms with Crippen molar-refractivity contribution >= 4 is 0 Å². The Morgan fingerprint density at radius 3 is 1.78 bits per heavy atom. The quantitative estimate of drug-likeness (QED) is 0.480. The van der Waals surface area contributed by atoms with Crippen molar-refractivity contribution in [2.75, 3.05) is 26.4 Å². The second-order valence-corrected chi connectivity index (χ2v) is 3.11. The molecule has 0 bridgehead atoms. The Balaban J connectivity index is 2.04. The van der Waals surface area contributed by atoms with Crippen LogP contribution in [0.4, 0.5) is 0 Å². The summed E-state index contributed by atoms with van der Waals surface area (Å²) >= 11 is 0. The van der Waals surface area contributed by atoms with Gasteiger partial charge in [-0.1, -0.05) is 0 Å². The fourth-order valence-electron chi connectivity index (χ4n) is 1.61. The summed E-state index contributed by atoms with van der Waals surface area (Å²) in [5.41, 5.74) is 0.444. The maximum absolute atomic E-state index is 5.30. The molecule has 0 aromatic rings. The second-order valence-electron chi connectivity index (χ2n) is 3.11. The Hall–Kier alpha value is -0.0800.